The molecule has 1 aliphatic carbocycles. The number of fused-ring (bicyclic) bond motifs is 3. The van der Waals surface area contributed by atoms with E-state index in [2.05, 4.69) is 28.5 Å². The first-order valence-electron chi connectivity index (χ1n) is 7.88. The first kappa shape index (κ1) is 14.7. The monoisotopic (exact) mass is 323 g/mol. The maximum Gasteiger partial charge on any atom is 0.273 e. The molecule has 6 nitrogen and oxygen atoms in total. The van der Waals surface area contributed by atoms with Gasteiger partial charge in [0, 0.05) is 24.4 Å². The van der Waals surface area contributed by atoms with E-state index in [1.165, 1.54) is 13.2 Å². The van der Waals surface area contributed by atoms with Crippen LogP contribution in [0.1, 0.15) is 29.5 Å². The molecule has 0 amide bonds. The van der Waals surface area contributed by atoms with Crippen molar-refractivity contribution >= 4 is 11.4 Å². The third kappa shape index (κ3) is 2.22. The fraction of sp³-hybridized carbons (Fsp3) is 0.278. The molecule has 1 aromatic heterocycles. The standard InChI is InChI=1S/C18H17N3O3/c1-24-16-9-12(21(22)23)8-15-13-5-2-6-14(13)17(20-18(15)16)11-4-3-7-19-10-11/h2-5,7-10,13-14,17,20H,6H2,1H3/t13-,14+,17+/m0/s1. The summed E-state index contributed by atoms with van der Waals surface area (Å²) in [6, 6.07) is 7.23. The zero-order valence-electron chi connectivity index (χ0n) is 13.2. The number of aromatic nitrogens is 1. The van der Waals surface area contributed by atoms with Crippen LogP contribution in [-0.4, -0.2) is 17.0 Å². The molecule has 1 aromatic carbocycles. The number of ether oxygens (including phenoxy) is 1. The molecule has 122 valence electrons. The molecule has 0 saturated heterocycles. The molecule has 0 radical (unpaired) electrons. The molecule has 24 heavy (non-hydrogen) atoms. The van der Waals surface area contributed by atoms with Crippen LogP contribution in [0.15, 0.2) is 48.8 Å². The lowest BCUT2D eigenvalue weighted by molar-refractivity contribution is -0.385. The molecule has 3 atom stereocenters. The second-order valence-corrected chi connectivity index (χ2v) is 6.13. The first-order chi connectivity index (χ1) is 11.7. The lowest BCUT2D eigenvalue weighted by atomic mass is 9.77. The molecule has 0 fully saturated rings. The Bertz CT molecular complexity index is 820. The van der Waals surface area contributed by atoms with Crippen molar-refractivity contribution in [3.63, 3.8) is 0 Å². The van der Waals surface area contributed by atoms with E-state index in [4.69, 9.17) is 4.74 Å². The predicted octanol–water partition coefficient (Wildman–Crippen LogP) is 3.82. The van der Waals surface area contributed by atoms with Crippen molar-refractivity contribution in [3.8, 4) is 5.75 Å². The molecular weight excluding hydrogens is 306 g/mol. The van der Waals surface area contributed by atoms with Gasteiger partial charge >= 0.3 is 0 Å². The Hall–Kier alpha value is -2.89. The molecule has 0 spiro atoms. The Kier molecular flexibility index (Phi) is 3.45. The Morgan fingerprint density at radius 3 is 3.00 bits per heavy atom. The summed E-state index contributed by atoms with van der Waals surface area (Å²) in [4.78, 5) is 15.1. The lowest BCUT2D eigenvalue weighted by Gasteiger charge is -2.37. The van der Waals surface area contributed by atoms with Gasteiger partial charge < -0.3 is 10.1 Å². The van der Waals surface area contributed by atoms with Gasteiger partial charge in [0.25, 0.3) is 5.69 Å². The molecule has 1 N–H and O–H groups in total. The molecular formula is C18H17N3O3. The second kappa shape index (κ2) is 5.63. The van der Waals surface area contributed by atoms with Gasteiger partial charge in [-0.05, 0) is 29.5 Å². The summed E-state index contributed by atoms with van der Waals surface area (Å²) in [6.45, 7) is 0. The van der Waals surface area contributed by atoms with E-state index in [0.717, 1.165) is 23.2 Å². The normalized spacial score (nSPS) is 24.0. The van der Waals surface area contributed by atoms with Crippen LogP contribution in [0.4, 0.5) is 11.4 Å². The minimum atomic E-state index is -0.371. The fourth-order valence-electron chi connectivity index (χ4n) is 3.81. The number of hydrogen-bond acceptors (Lipinski definition) is 5. The molecule has 6 heteroatoms. The Morgan fingerprint density at radius 2 is 2.29 bits per heavy atom. The van der Waals surface area contributed by atoms with Crippen molar-refractivity contribution in [2.45, 2.75) is 18.4 Å². The van der Waals surface area contributed by atoms with Crippen LogP contribution < -0.4 is 10.1 Å². The Balaban J connectivity index is 1.86. The number of hydrogen-bond donors (Lipinski definition) is 1. The van der Waals surface area contributed by atoms with E-state index in [1.54, 1.807) is 12.3 Å². The smallest absolute Gasteiger partial charge is 0.273 e. The van der Waals surface area contributed by atoms with E-state index in [-0.39, 0.29) is 22.6 Å². The van der Waals surface area contributed by atoms with Gasteiger partial charge in [-0.3, -0.25) is 15.1 Å². The Labute approximate surface area is 139 Å². The summed E-state index contributed by atoms with van der Waals surface area (Å²) >= 11 is 0. The van der Waals surface area contributed by atoms with Gasteiger partial charge in [-0.1, -0.05) is 18.2 Å². The van der Waals surface area contributed by atoms with E-state index in [1.807, 2.05) is 12.3 Å². The molecule has 2 aromatic rings. The topological polar surface area (TPSA) is 77.3 Å². The minimum Gasteiger partial charge on any atom is -0.494 e. The molecule has 0 bridgehead atoms. The summed E-state index contributed by atoms with van der Waals surface area (Å²) in [5.74, 6) is 0.959. The van der Waals surface area contributed by atoms with Crippen LogP contribution in [0.2, 0.25) is 0 Å². The zero-order valence-corrected chi connectivity index (χ0v) is 13.2. The highest BCUT2D eigenvalue weighted by atomic mass is 16.6. The summed E-state index contributed by atoms with van der Waals surface area (Å²) in [6.07, 6.45) is 8.86. The van der Waals surface area contributed by atoms with Gasteiger partial charge in [0.15, 0.2) is 0 Å². The number of allylic oxidation sites excluding steroid dienone is 2. The molecule has 2 heterocycles. The van der Waals surface area contributed by atoms with Gasteiger partial charge in [0.2, 0.25) is 0 Å². The van der Waals surface area contributed by atoms with E-state index >= 15 is 0 Å². The number of anilines is 1. The maximum absolute atomic E-state index is 11.2. The minimum absolute atomic E-state index is 0.0614. The summed E-state index contributed by atoms with van der Waals surface area (Å²) in [5.41, 5.74) is 2.94. The van der Waals surface area contributed by atoms with Crippen LogP contribution in [0, 0.1) is 16.0 Å². The van der Waals surface area contributed by atoms with Crippen molar-refractivity contribution in [1.29, 1.82) is 0 Å². The number of pyridine rings is 1. The van der Waals surface area contributed by atoms with Crippen molar-refractivity contribution in [2.75, 3.05) is 12.4 Å². The number of nitrogens with zero attached hydrogens (tertiary/aromatic N) is 2. The Morgan fingerprint density at radius 1 is 1.42 bits per heavy atom. The van der Waals surface area contributed by atoms with Crippen molar-refractivity contribution < 1.29 is 9.66 Å². The SMILES string of the molecule is COc1cc([N+](=O)[O-])cc2c1N[C@H](c1cccnc1)[C@@H]1CC=C[C@H]21. The van der Waals surface area contributed by atoms with Crippen LogP contribution in [0.25, 0.3) is 0 Å². The van der Waals surface area contributed by atoms with Gasteiger partial charge in [0.1, 0.15) is 5.75 Å². The van der Waals surface area contributed by atoms with Crippen molar-refractivity contribution in [3.05, 3.63) is 70.1 Å². The first-order valence-corrected chi connectivity index (χ1v) is 7.88. The van der Waals surface area contributed by atoms with Crippen LogP contribution >= 0.6 is 0 Å². The quantitative estimate of drug-likeness (QED) is 0.528. The largest absolute Gasteiger partial charge is 0.494 e. The zero-order chi connectivity index (χ0) is 16.7. The van der Waals surface area contributed by atoms with Crippen LogP contribution in [-0.2, 0) is 0 Å². The number of non-ortho nitro benzene ring substituents is 1. The summed E-state index contributed by atoms with van der Waals surface area (Å²) < 4.78 is 5.43. The van der Waals surface area contributed by atoms with Crippen LogP contribution in [0.5, 0.6) is 5.75 Å². The van der Waals surface area contributed by atoms with Gasteiger partial charge in [-0.2, -0.15) is 0 Å². The number of rotatable bonds is 3. The number of nitrogens with one attached hydrogen (secondary N) is 1. The third-order valence-electron chi connectivity index (χ3n) is 4.89. The van der Waals surface area contributed by atoms with E-state index < -0.39 is 0 Å². The summed E-state index contributed by atoms with van der Waals surface area (Å²) in [7, 11) is 1.54. The molecule has 2 aliphatic rings. The lowest BCUT2D eigenvalue weighted by Crippen LogP contribution is -2.29. The second-order valence-electron chi connectivity index (χ2n) is 6.13. The average Bonchev–Trinajstić information content (AvgIpc) is 3.10. The van der Waals surface area contributed by atoms with Crippen LogP contribution in [0.3, 0.4) is 0 Å². The molecule has 0 unspecified atom stereocenters. The van der Waals surface area contributed by atoms with Gasteiger partial charge in [0.05, 0.1) is 29.8 Å². The number of methoxy groups -OCH3 is 1. The predicted molar refractivity (Wildman–Crippen MR) is 90.2 cm³/mol. The highest BCUT2D eigenvalue weighted by molar-refractivity contribution is 5.71. The molecule has 4 rings (SSSR count). The number of nitro benzene ring substituents is 1. The van der Waals surface area contributed by atoms with Gasteiger partial charge in [-0.25, -0.2) is 0 Å². The average molecular weight is 323 g/mol. The van der Waals surface area contributed by atoms with Crippen molar-refractivity contribution in [1.82, 2.24) is 4.98 Å². The third-order valence-corrected chi connectivity index (χ3v) is 4.89. The van der Waals surface area contributed by atoms with Crippen molar-refractivity contribution in [2.24, 2.45) is 5.92 Å². The van der Waals surface area contributed by atoms with E-state index in [0.29, 0.717) is 11.7 Å². The maximum atomic E-state index is 11.2. The number of nitro groups is 1. The summed E-state index contributed by atoms with van der Waals surface area (Å²) in [5, 5.41) is 14.8. The number of benzene rings is 1. The molecule has 1 aliphatic heterocycles. The highest BCUT2D eigenvalue weighted by Gasteiger charge is 2.40. The van der Waals surface area contributed by atoms with Gasteiger partial charge in [-0.15, -0.1) is 0 Å². The molecule has 0 saturated carbocycles. The fourth-order valence-corrected chi connectivity index (χ4v) is 3.81. The van der Waals surface area contributed by atoms with E-state index in [9.17, 15) is 10.1 Å². The highest BCUT2D eigenvalue weighted by Crippen LogP contribution is 2.53.